The molecule has 6 nitrogen and oxygen atoms in total. The van der Waals surface area contributed by atoms with E-state index >= 15 is 0 Å². The van der Waals surface area contributed by atoms with Gasteiger partial charge in [0, 0.05) is 12.1 Å². The lowest BCUT2D eigenvalue weighted by atomic mass is 10.0. The molecular weight excluding hydrogens is 230 g/mol. The summed E-state index contributed by atoms with van der Waals surface area (Å²) in [5.74, 6) is 7.16. The van der Waals surface area contributed by atoms with Crippen LogP contribution in [-0.2, 0) is 11.2 Å². The van der Waals surface area contributed by atoms with Crippen molar-refractivity contribution in [2.24, 2.45) is 5.84 Å². The van der Waals surface area contributed by atoms with E-state index in [1.54, 1.807) is 6.33 Å². The summed E-state index contributed by atoms with van der Waals surface area (Å²) in [7, 11) is 0. The Balaban J connectivity index is 2.43. The lowest BCUT2D eigenvalue weighted by Crippen LogP contribution is -2.54. The van der Waals surface area contributed by atoms with Crippen LogP contribution in [0.3, 0.4) is 0 Å². The van der Waals surface area contributed by atoms with Gasteiger partial charge in [-0.15, -0.1) is 0 Å². The second-order valence-electron chi connectivity index (χ2n) is 5.04. The van der Waals surface area contributed by atoms with Gasteiger partial charge in [0.15, 0.2) is 0 Å². The second kappa shape index (κ2) is 5.07. The van der Waals surface area contributed by atoms with E-state index in [2.05, 4.69) is 41.1 Å². The molecule has 1 aromatic rings. The number of nitrogens with one attached hydrogen (secondary N) is 1. The van der Waals surface area contributed by atoms with Crippen LogP contribution in [0.4, 0.5) is 11.6 Å². The monoisotopic (exact) mass is 251 g/mol. The number of nitrogens with zero attached hydrogens (tertiary/aromatic N) is 3. The smallest absolute Gasteiger partial charge is 0.148 e. The first-order chi connectivity index (χ1) is 8.60. The minimum atomic E-state index is -0.0671. The summed E-state index contributed by atoms with van der Waals surface area (Å²) in [6, 6.07) is 0. The van der Waals surface area contributed by atoms with E-state index < -0.39 is 0 Å². The molecule has 1 saturated heterocycles. The van der Waals surface area contributed by atoms with Crippen LogP contribution in [0.1, 0.15) is 26.3 Å². The third kappa shape index (κ3) is 2.26. The number of hydrazine groups is 1. The number of aromatic nitrogens is 2. The molecule has 0 radical (unpaired) electrons. The number of nitrogens with two attached hydrogens (primary N) is 1. The van der Waals surface area contributed by atoms with Gasteiger partial charge in [0.2, 0.25) is 0 Å². The van der Waals surface area contributed by atoms with Gasteiger partial charge in [-0.25, -0.2) is 15.8 Å². The molecule has 1 aromatic heterocycles. The van der Waals surface area contributed by atoms with Crippen molar-refractivity contribution < 1.29 is 4.74 Å². The number of rotatable bonds is 3. The average molecular weight is 251 g/mol. The van der Waals surface area contributed by atoms with E-state index in [0.29, 0.717) is 12.4 Å². The van der Waals surface area contributed by atoms with Gasteiger partial charge in [-0.2, -0.15) is 0 Å². The molecule has 0 bridgehead atoms. The van der Waals surface area contributed by atoms with Crippen LogP contribution < -0.4 is 16.2 Å². The molecule has 1 aliphatic rings. The Morgan fingerprint density at radius 2 is 2.28 bits per heavy atom. The normalized spacial score (nSPS) is 18.8. The first-order valence-electron chi connectivity index (χ1n) is 6.26. The van der Waals surface area contributed by atoms with Gasteiger partial charge in [-0.05, 0) is 20.3 Å². The fraction of sp³-hybridized carbons (Fsp3) is 0.667. The van der Waals surface area contributed by atoms with Gasteiger partial charge in [-0.3, -0.25) is 0 Å². The summed E-state index contributed by atoms with van der Waals surface area (Å²) in [5.41, 5.74) is 3.63. The number of nitrogen functional groups attached to an aromatic ring is 1. The zero-order valence-corrected chi connectivity index (χ0v) is 11.2. The topological polar surface area (TPSA) is 76.3 Å². The standard InChI is InChI=1S/C12H21N5O/c1-4-9-10(16-13)14-8-15-11(9)17-5-6-18-7-12(17,2)3/h8H,4-7,13H2,1-3H3,(H,14,15,16). The first kappa shape index (κ1) is 13.0. The maximum absolute atomic E-state index is 5.54. The van der Waals surface area contributed by atoms with Crippen LogP contribution in [-0.4, -0.2) is 35.3 Å². The summed E-state index contributed by atoms with van der Waals surface area (Å²) in [6.07, 6.45) is 2.39. The van der Waals surface area contributed by atoms with Gasteiger partial charge < -0.3 is 15.1 Å². The van der Waals surface area contributed by atoms with Crippen molar-refractivity contribution in [1.82, 2.24) is 9.97 Å². The molecule has 0 unspecified atom stereocenters. The van der Waals surface area contributed by atoms with Gasteiger partial charge >= 0.3 is 0 Å². The highest BCUT2D eigenvalue weighted by Crippen LogP contribution is 2.30. The molecule has 6 heteroatoms. The maximum atomic E-state index is 5.54. The van der Waals surface area contributed by atoms with Gasteiger partial charge in [0.05, 0.1) is 18.8 Å². The number of hydrogen-bond donors (Lipinski definition) is 2. The predicted octanol–water partition coefficient (Wildman–Crippen LogP) is 0.940. The van der Waals surface area contributed by atoms with Gasteiger partial charge in [-0.1, -0.05) is 6.92 Å². The van der Waals surface area contributed by atoms with Crippen LogP contribution >= 0.6 is 0 Å². The largest absolute Gasteiger partial charge is 0.377 e. The van der Waals surface area contributed by atoms with E-state index in [4.69, 9.17) is 10.6 Å². The van der Waals surface area contributed by atoms with E-state index in [1.807, 2.05) is 0 Å². The lowest BCUT2D eigenvalue weighted by Gasteiger charge is -2.43. The Morgan fingerprint density at radius 1 is 1.50 bits per heavy atom. The molecule has 3 N–H and O–H groups in total. The Labute approximate surface area is 108 Å². The van der Waals surface area contributed by atoms with Crippen LogP contribution in [0.15, 0.2) is 6.33 Å². The molecule has 1 aliphatic heterocycles. The zero-order valence-electron chi connectivity index (χ0n) is 11.2. The Hall–Kier alpha value is -1.40. The summed E-state index contributed by atoms with van der Waals surface area (Å²) in [6.45, 7) is 8.65. The fourth-order valence-electron chi connectivity index (χ4n) is 2.34. The summed E-state index contributed by atoms with van der Waals surface area (Å²) in [4.78, 5) is 10.9. The van der Waals surface area contributed by atoms with E-state index in [0.717, 1.165) is 31.0 Å². The number of hydrogen-bond acceptors (Lipinski definition) is 6. The van der Waals surface area contributed by atoms with Crippen molar-refractivity contribution >= 4 is 11.6 Å². The first-order valence-corrected chi connectivity index (χ1v) is 6.26. The Bertz CT molecular complexity index is 421. The molecule has 18 heavy (non-hydrogen) atoms. The predicted molar refractivity (Wildman–Crippen MR) is 71.5 cm³/mol. The highest BCUT2D eigenvalue weighted by Gasteiger charge is 2.33. The van der Waals surface area contributed by atoms with Crippen LogP contribution in [0.2, 0.25) is 0 Å². The molecular formula is C12H21N5O. The SMILES string of the molecule is CCc1c(NN)ncnc1N1CCOCC1(C)C. The molecule has 0 aromatic carbocycles. The van der Waals surface area contributed by atoms with Crippen LogP contribution in [0.5, 0.6) is 0 Å². The third-order valence-electron chi connectivity index (χ3n) is 3.31. The summed E-state index contributed by atoms with van der Waals surface area (Å²) in [5, 5.41) is 0. The second-order valence-corrected chi connectivity index (χ2v) is 5.04. The van der Waals surface area contributed by atoms with Crippen molar-refractivity contribution in [3.05, 3.63) is 11.9 Å². The molecule has 2 heterocycles. The quantitative estimate of drug-likeness (QED) is 0.615. The van der Waals surface area contributed by atoms with Gasteiger partial charge in [0.1, 0.15) is 18.0 Å². The number of morpholine rings is 1. The van der Waals surface area contributed by atoms with E-state index in [-0.39, 0.29) is 5.54 Å². The molecule has 0 amide bonds. The third-order valence-corrected chi connectivity index (χ3v) is 3.31. The van der Waals surface area contributed by atoms with Crippen molar-refractivity contribution in [3.8, 4) is 0 Å². The van der Waals surface area contributed by atoms with Gasteiger partial charge in [0.25, 0.3) is 0 Å². The van der Waals surface area contributed by atoms with Crippen LogP contribution in [0.25, 0.3) is 0 Å². The minimum Gasteiger partial charge on any atom is -0.377 e. The molecule has 100 valence electrons. The molecule has 0 atom stereocenters. The van der Waals surface area contributed by atoms with E-state index in [1.165, 1.54) is 0 Å². The highest BCUT2D eigenvalue weighted by molar-refractivity contribution is 5.59. The Kier molecular flexibility index (Phi) is 3.68. The Morgan fingerprint density at radius 3 is 2.89 bits per heavy atom. The molecule has 0 spiro atoms. The summed E-state index contributed by atoms with van der Waals surface area (Å²) < 4.78 is 5.54. The maximum Gasteiger partial charge on any atom is 0.148 e. The van der Waals surface area contributed by atoms with Crippen molar-refractivity contribution in [3.63, 3.8) is 0 Å². The van der Waals surface area contributed by atoms with E-state index in [9.17, 15) is 0 Å². The van der Waals surface area contributed by atoms with Crippen molar-refractivity contribution in [2.45, 2.75) is 32.7 Å². The zero-order chi connectivity index (χ0) is 13.2. The van der Waals surface area contributed by atoms with Crippen molar-refractivity contribution in [2.75, 3.05) is 30.1 Å². The number of ether oxygens (including phenoxy) is 1. The number of anilines is 2. The summed E-state index contributed by atoms with van der Waals surface area (Å²) >= 11 is 0. The lowest BCUT2D eigenvalue weighted by molar-refractivity contribution is 0.0638. The average Bonchev–Trinajstić information content (AvgIpc) is 2.37. The molecule has 0 aliphatic carbocycles. The molecule has 0 saturated carbocycles. The van der Waals surface area contributed by atoms with Crippen LogP contribution in [0, 0.1) is 0 Å². The van der Waals surface area contributed by atoms with Crippen molar-refractivity contribution in [1.29, 1.82) is 0 Å². The fourth-order valence-corrected chi connectivity index (χ4v) is 2.34. The molecule has 1 fully saturated rings. The minimum absolute atomic E-state index is 0.0671. The molecule has 2 rings (SSSR count). The highest BCUT2D eigenvalue weighted by atomic mass is 16.5.